The number of rotatable bonds is 6. The molecule has 0 amide bonds. The van der Waals surface area contributed by atoms with Crippen LogP contribution in [0, 0.1) is 5.92 Å². The number of ether oxygens (including phenoxy) is 3. The molecule has 20 heavy (non-hydrogen) atoms. The Bertz CT molecular complexity index is 296. The molecule has 5 nitrogen and oxygen atoms in total. The molecule has 0 aromatic carbocycles. The molecule has 1 saturated carbocycles. The van der Waals surface area contributed by atoms with Gasteiger partial charge in [0.1, 0.15) is 0 Å². The van der Waals surface area contributed by atoms with Crippen LogP contribution in [0.3, 0.4) is 0 Å². The summed E-state index contributed by atoms with van der Waals surface area (Å²) in [7, 11) is 1.70. The van der Waals surface area contributed by atoms with Crippen molar-refractivity contribution in [1.29, 1.82) is 0 Å². The van der Waals surface area contributed by atoms with Crippen molar-refractivity contribution in [1.82, 2.24) is 4.90 Å². The Morgan fingerprint density at radius 3 is 2.40 bits per heavy atom. The van der Waals surface area contributed by atoms with Gasteiger partial charge in [-0.3, -0.25) is 9.69 Å². The zero-order chi connectivity index (χ0) is 14.4. The van der Waals surface area contributed by atoms with E-state index >= 15 is 0 Å². The van der Waals surface area contributed by atoms with Crippen molar-refractivity contribution in [3.63, 3.8) is 0 Å². The van der Waals surface area contributed by atoms with Crippen LogP contribution in [0.5, 0.6) is 0 Å². The van der Waals surface area contributed by atoms with Crippen LogP contribution in [0.1, 0.15) is 45.4 Å². The van der Waals surface area contributed by atoms with Gasteiger partial charge in [-0.2, -0.15) is 0 Å². The number of nitrogens with zero attached hydrogens (tertiary/aromatic N) is 1. The normalized spacial score (nSPS) is 29.3. The first-order valence-corrected chi connectivity index (χ1v) is 7.83. The molecule has 1 unspecified atom stereocenters. The molecule has 0 bridgehead atoms. The van der Waals surface area contributed by atoms with Gasteiger partial charge in [0.25, 0.3) is 0 Å². The van der Waals surface area contributed by atoms with Crippen molar-refractivity contribution in [3.05, 3.63) is 0 Å². The van der Waals surface area contributed by atoms with Crippen LogP contribution in [-0.4, -0.2) is 50.2 Å². The minimum Gasteiger partial charge on any atom is -0.466 e. The molecule has 116 valence electrons. The molecule has 1 saturated heterocycles. The van der Waals surface area contributed by atoms with Crippen LogP contribution in [-0.2, 0) is 19.0 Å². The van der Waals surface area contributed by atoms with Crippen molar-refractivity contribution in [2.24, 2.45) is 5.92 Å². The first-order valence-electron chi connectivity index (χ1n) is 7.83. The third-order valence-electron chi connectivity index (χ3n) is 4.24. The lowest BCUT2D eigenvalue weighted by molar-refractivity contribution is -0.233. The standard InChI is InChI=1S/C15H27NO4/c1-3-19-14(17)12-6-8-13(9-7-12)20-15(18-2)16-10-4-5-11-16/h12-13,15H,3-11H2,1-2H3. The van der Waals surface area contributed by atoms with Gasteiger partial charge < -0.3 is 14.2 Å². The monoisotopic (exact) mass is 285 g/mol. The zero-order valence-electron chi connectivity index (χ0n) is 12.7. The van der Waals surface area contributed by atoms with E-state index in [4.69, 9.17) is 14.2 Å². The van der Waals surface area contributed by atoms with Gasteiger partial charge in [-0.15, -0.1) is 0 Å². The first-order chi connectivity index (χ1) is 9.74. The summed E-state index contributed by atoms with van der Waals surface area (Å²) in [6.07, 6.45) is 5.97. The fourth-order valence-corrected chi connectivity index (χ4v) is 3.10. The summed E-state index contributed by atoms with van der Waals surface area (Å²) in [4.78, 5) is 13.9. The number of carbonyl (C=O) groups is 1. The van der Waals surface area contributed by atoms with Crippen LogP contribution in [0.25, 0.3) is 0 Å². The molecule has 0 radical (unpaired) electrons. The number of likely N-dealkylation sites (tertiary alicyclic amines) is 1. The second kappa shape index (κ2) is 7.96. The second-order valence-electron chi connectivity index (χ2n) is 5.65. The molecule has 0 aromatic rings. The van der Waals surface area contributed by atoms with E-state index in [1.54, 1.807) is 7.11 Å². The van der Waals surface area contributed by atoms with Gasteiger partial charge in [0.2, 0.25) is 6.41 Å². The molecule has 5 heteroatoms. The van der Waals surface area contributed by atoms with E-state index in [9.17, 15) is 4.79 Å². The van der Waals surface area contributed by atoms with Crippen LogP contribution in [0.15, 0.2) is 0 Å². The molecule has 1 aliphatic heterocycles. The van der Waals surface area contributed by atoms with Crippen molar-refractivity contribution in [2.75, 3.05) is 26.8 Å². The zero-order valence-corrected chi connectivity index (χ0v) is 12.7. The lowest BCUT2D eigenvalue weighted by Crippen LogP contribution is -2.40. The van der Waals surface area contributed by atoms with Crippen molar-refractivity contribution < 1.29 is 19.0 Å². The van der Waals surface area contributed by atoms with E-state index in [2.05, 4.69) is 4.90 Å². The average molecular weight is 285 g/mol. The topological polar surface area (TPSA) is 48.0 Å². The lowest BCUT2D eigenvalue weighted by Gasteiger charge is -2.33. The maximum absolute atomic E-state index is 11.7. The average Bonchev–Trinajstić information content (AvgIpc) is 2.99. The van der Waals surface area contributed by atoms with Crippen molar-refractivity contribution >= 4 is 5.97 Å². The first kappa shape index (κ1) is 15.7. The van der Waals surface area contributed by atoms with Gasteiger partial charge >= 0.3 is 5.97 Å². The number of hydrogen-bond donors (Lipinski definition) is 0. The molecule has 2 fully saturated rings. The van der Waals surface area contributed by atoms with E-state index in [1.165, 1.54) is 12.8 Å². The summed E-state index contributed by atoms with van der Waals surface area (Å²) >= 11 is 0. The number of methoxy groups -OCH3 is 1. The highest BCUT2D eigenvalue weighted by atomic mass is 16.7. The van der Waals surface area contributed by atoms with Gasteiger partial charge in [0, 0.05) is 20.2 Å². The Morgan fingerprint density at radius 1 is 1.20 bits per heavy atom. The van der Waals surface area contributed by atoms with Crippen LogP contribution >= 0.6 is 0 Å². The van der Waals surface area contributed by atoms with E-state index in [0.717, 1.165) is 38.8 Å². The van der Waals surface area contributed by atoms with Crippen molar-refractivity contribution in [3.8, 4) is 0 Å². The van der Waals surface area contributed by atoms with Crippen LogP contribution in [0.2, 0.25) is 0 Å². The third kappa shape index (κ3) is 4.17. The molecule has 0 N–H and O–H groups in total. The molecule has 2 rings (SSSR count). The Hall–Kier alpha value is -0.650. The highest BCUT2D eigenvalue weighted by molar-refractivity contribution is 5.72. The van der Waals surface area contributed by atoms with Gasteiger partial charge in [-0.25, -0.2) is 0 Å². The molecular formula is C15H27NO4. The minimum absolute atomic E-state index is 0.0474. The fourth-order valence-electron chi connectivity index (χ4n) is 3.10. The number of hydrogen-bond acceptors (Lipinski definition) is 5. The van der Waals surface area contributed by atoms with E-state index in [-0.39, 0.29) is 24.4 Å². The summed E-state index contributed by atoms with van der Waals surface area (Å²) in [5.41, 5.74) is 0. The predicted molar refractivity (Wildman–Crippen MR) is 75.1 cm³/mol. The SMILES string of the molecule is CCOC(=O)C1CCC(OC(OC)N2CCCC2)CC1. The van der Waals surface area contributed by atoms with E-state index < -0.39 is 0 Å². The van der Waals surface area contributed by atoms with Gasteiger partial charge in [-0.1, -0.05) is 0 Å². The Balaban J connectivity index is 1.74. The molecule has 0 aromatic heterocycles. The summed E-state index contributed by atoms with van der Waals surface area (Å²) < 4.78 is 16.6. The molecule has 0 spiro atoms. The molecule has 2 aliphatic rings. The Morgan fingerprint density at radius 2 is 1.85 bits per heavy atom. The van der Waals surface area contributed by atoms with Gasteiger partial charge in [0.05, 0.1) is 18.6 Å². The van der Waals surface area contributed by atoms with E-state index in [0.29, 0.717) is 6.61 Å². The maximum atomic E-state index is 11.7. The minimum atomic E-state index is -0.221. The van der Waals surface area contributed by atoms with Gasteiger partial charge in [0.15, 0.2) is 0 Å². The molecule has 1 aliphatic carbocycles. The smallest absolute Gasteiger partial charge is 0.308 e. The van der Waals surface area contributed by atoms with Crippen molar-refractivity contribution in [2.45, 2.75) is 58.0 Å². The quantitative estimate of drug-likeness (QED) is 0.553. The Kier molecular flexibility index (Phi) is 6.26. The molecular weight excluding hydrogens is 258 g/mol. The van der Waals surface area contributed by atoms with E-state index in [1.807, 2.05) is 6.92 Å². The third-order valence-corrected chi connectivity index (χ3v) is 4.24. The number of carbonyl (C=O) groups excluding carboxylic acids is 1. The van der Waals surface area contributed by atoms with Crippen LogP contribution < -0.4 is 0 Å². The molecule has 1 atom stereocenters. The lowest BCUT2D eigenvalue weighted by atomic mass is 9.87. The molecule has 1 heterocycles. The summed E-state index contributed by atoms with van der Waals surface area (Å²) in [6.45, 7) is 4.43. The fraction of sp³-hybridized carbons (Fsp3) is 0.933. The van der Waals surface area contributed by atoms with Gasteiger partial charge in [-0.05, 0) is 45.4 Å². The highest BCUT2D eigenvalue weighted by Gasteiger charge is 2.31. The predicted octanol–water partition coefficient (Wildman–Crippen LogP) is 2.15. The van der Waals surface area contributed by atoms with Crippen LogP contribution in [0.4, 0.5) is 0 Å². The maximum Gasteiger partial charge on any atom is 0.308 e. The second-order valence-corrected chi connectivity index (χ2v) is 5.65. The largest absolute Gasteiger partial charge is 0.466 e. The summed E-state index contributed by atoms with van der Waals surface area (Å²) in [5.74, 6) is 0.0105. The summed E-state index contributed by atoms with van der Waals surface area (Å²) in [5, 5.41) is 0. The highest BCUT2D eigenvalue weighted by Crippen LogP contribution is 2.29. The number of esters is 1. The summed E-state index contributed by atoms with van der Waals surface area (Å²) in [6, 6.07) is 0. The Labute approximate surface area is 121 Å².